The van der Waals surface area contributed by atoms with E-state index in [1.165, 1.54) is 11.8 Å². The standard InChI is InChI=1S/C15H15N3OS/c1-10(20-15-16-7-8-18(15)2)14(19)12-9-17-13-6-4-3-5-11(12)13/h3-10,17H,1-2H3. The van der Waals surface area contributed by atoms with E-state index in [1.807, 2.05) is 49.0 Å². The SMILES string of the molecule is CC(Sc1nccn1C)C(=O)c1c[nH]c2ccccc12. The number of aryl methyl sites for hydroxylation is 1. The van der Waals surface area contributed by atoms with Crippen LogP contribution >= 0.6 is 11.8 Å². The van der Waals surface area contributed by atoms with Crippen LogP contribution in [0.4, 0.5) is 0 Å². The van der Waals surface area contributed by atoms with Crippen molar-refractivity contribution < 1.29 is 4.79 Å². The third-order valence-corrected chi connectivity index (χ3v) is 4.45. The molecule has 1 atom stereocenters. The predicted molar refractivity (Wildman–Crippen MR) is 81.2 cm³/mol. The van der Waals surface area contributed by atoms with Crippen molar-refractivity contribution in [3.8, 4) is 0 Å². The van der Waals surface area contributed by atoms with Gasteiger partial charge in [0.2, 0.25) is 0 Å². The summed E-state index contributed by atoms with van der Waals surface area (Å²) in [6.07, 6.45) is 5.42. The number of para-hydroxylation sites is 1. The number of H-pyrrole nitrogens is 1. The number of rotatable bonds is 4. The third-order valence-electron chi connectivity index (χ3n) is 3.28. The monoisotopic (exact) mass is 285 g/mol. The van der Waals surface area contributed by atoms with Crippen LogP contribution in [-0.2, 0) is 7.05 Å². The summed E-state index contributed by atoms with van der Waals surface area (Å²) < 4.78 is 1.92. The van der Waals surface area contributed by atoms with Gasteiger partial charge in [-0.15, -0.1) is 0 Å². The number of hydrogen-bond acceptors (Lipinski definition) is 3. The smallest absolute Gasteiger partial charge is 0.178 e. The lowest BCUT2D eigenvalue weighted by Crippen LogP contribution is -2.14. The summed E-state index contributed by atoms with van der Waals surface area (Å²) >= 11 is 1.48. The van der Waals surface area contributed by atoms with Gasteiger partial charge >= 0.3 is 0 Å². The molecule has 2 heterocycles. The summed E-state index contributed by atoms with van der Waals surface area (Å²) in [7, 11) is 1.93. The van der Waals surface area contributed by atoms with E-state index in [-0.39, 0.29) is 11.0 Å². The molecule has 20 heavy (non-hydrogen) atoms. The first-order valence-electron chi connectivity index (χ1n) is 6.41. The van der Waals surface area contributed by atoms with Crippen LogP contribution in [0.1, 0.15) is 17.3 Å². The fourth-order valence-corrected chi connectivity index (χ4v) is 3.07. The average Bonchev–Trinajstić information content (AvgIpc) is 3.05. The van der Waals surface area contributed by atoms with Crippen LogP contribution < -0.4 is 0 Å². The van der Waals surface area contributed by atoms with Crippen molar-refractivity contribution in [3.63, 3.8) is 0 Å². The minimum atomic E-state index is -0.171. The van der Waals surface area contributed by atoms with Crippen LogP contribution in [0.3, 0.4) is 0 Å². The quantitative estimate of drug-likeness (QED) is 0.591. The van der Waals surface area contributed by atoms with E-state index in [0.717, 1.165) is 21.6 Å². The molecule has 0 aliphatic heterocycles. The minimum Gasteiger partial charge on any atom is -0.360 e. The zero-order valence-corrected chi connectivity index (χ0v) is 12.1. The zero-order chi connectivity index (χ0) is 14.1. The van der Waals surface area contributed by atoms with Gasteiger partial charge in [-0.1, -0.05) is 30.0 Å². The van der Waals surface area contributed by atoms with Gasteiger partial charge in [0.15, 0.2) is 10.9 Å². The molecule has 5 heteroatoms. The molecule has 0 spiro atoms. The molecule has 3 aromatic rings. The Morgan fingerprint density at radius 1 is 1.40 bits per heavy atom. The molecule has 2 aromatic heterocycles. The number of imidazole rings is 1. The Morgan fingerprint density at radius 2 is 2.20 bits per heavy atom. The third kappa shape index (κ3) is 2.25. The second-order valence-corrected chi connectivity index (χ2v) is 6.00. The number of nitrogens with one attached hydrogen (secondary N) is 1. The number of Topliss-reactive ketones (excluding diaryl/α,β-unsaturated/α-hetero) is 1. The van der Waals surface area contributed by atoms with Gasteiger partial charge in [0.05, 0.1) is 5.25 Å². The minimum absolute atomic E-state index is 0.121. The summed E-state index contributed by atoms with van der Waals surface area (Å²) in [6, 6.07) is 7.85. The van der Waals surface area contributed by atoms with E-state index in [2.05, 4.69) is 9.97 Å². The molecular weight excluding hydrogens is 270 g/mol. The Bertz CT molecular complexity index is 759. The summed E-state index contributed by atoms with van der Waals surface area (Å²) in [5, 5.41) is 1.66. The van der Waals surface area contributed by atoms with Gasteiger partial charge in [-0.2, -0.15) is 0 Å². The highest BCUT2D eigenvalue weighted by Crippen LogP contribution is 2.26. The van der Waals surface area contributed by atoms with Gasteiger partial charge in [0.1, 0.15) is 0 Å². The second kappa shape index (κ2) is 5.17. The normalized spacial score (nSPS) is 12.7. The number of carbonyl (C=O) groups excluding carboxylic acids is 1. The first kappa shape index (κ1) is 13.0. The number of aromatic nitrogens is 3. The van der Waals surface area contributed by atoms with Crippen LogP contribution in [0.25, 0.3) is 10.9 Å². The summed E-state index contributed by atoms with van der Waals surface area (Å²) in [5.74, 6) is 0.121. The van der Waals surface area contributed by atoms with Crippen molar-refractivity contribution in [1.82, 2.24) is 14.5 Å². The number of hydrogen-bond donors (Lipinski definition) is 1. The molecule has 4 nitrogen and oxygen atoms in total. The maximum absolute atomic E-state index is 12.6. The predicted octanol–water partition coefficient (Wildman–Crippen LogP) is 3.26. The van der Waals surface area contributed by atoms with Crippen molar-refractivity contribution in [2.75, 3.05) is 0 Å². The highest BCUT2D eigenvalue weighted by atomic mass is 32.2. The van der Waals surface area contributed by atoms with Crippen LogP contribution in [0, 0.1) is 0 Å². The van der Waals surface area contributed by atoms with E-state index in [0.29, 0.717) is 0 Å². The fraction of sp³-hybridized carbons (Fsp3) is 0.200. The number of ketones is 1. The van der Waals surface area contributed by atoms with E-state index >= 15 is 0 Å². The molecule has 0 amide bonds. The zero-order valence-electron chi connectivity index (χ0n) is 11.3. The van der Waals surface area contributed by atoms with Crippen molar-refractivity contribution in [2.45, 2.75) is 17.3 Å². The van der Waals surface area contributed by atoms with Crippen LogP contribution in [0.15, 0.2) is 48.0 Å². The summed E-state index contributed by atoms with van der Waals surface area (Å²) in [5.41, 5.74) is 1.74. The van der Waals surface area contributed by atoms with E-state index in [4.69, 9.17) is 0 Å². The van der Waals surface area contributed by atoms with Gasteiger partial charge in [-0.05, 0) is 13.0 Å². The first-order chi connectivity index (χ1) is 9.66. The van der Waals surface area contributed by atoms with E-state index in [1.54, 1.807) is 12.4 Å². The number of fused-ring (bicyclic) bond motifs is 1. The lowest BCUT2D eigenvalue weighted by molar-refractivity contribution is 0.0995. The van der Waals surface area contributed by atoms with E-state index in [9.17, 15) is 4.79 Å². The van der Waals surface area contributed by atoms with Gasteiger partial charge in [0.25, 0.3) is 0 Å². The molecule has 0 fully saturated rings. The molecule has 0 radical (unpaired) electrons. The molecule has 0 aliphatic rings. The lowest BCUT2D eigenvalue weighted by Gasteiger charge is -2.09. The van der Waals surface area contributed by atoms with Gasteiger partial charge < -0.3 is 9.55 Å². The molecule has 0 bridgehead atoms. The fourth-order valence-electron chi connectivity index (χ4n) is 2.17. The van der Waals surface area contributed by atoms with Crippen molar-refractivity contribution in [1.29, 1.82) is 0 Å². The molecular formula is C15H15N3OS. The Kier molecular flexibility index (Phi) is 3.36. The van der Waals surface area contributed by atoms with Gasteiger partial charge in [-0.25, -0.2) is 4.98 Å². The van der Waals surface area contributed by atoms with Crippen molar-refractivity contribution in [2.24, 2.45) is 7.05 Å². The van der Waals surface area contributed by atoms with Crippen molar-refractivity contribution >= 4 is 28.4 Å². The Morgan fingerprint density at radius 3 is 2.95 bits per heavy atom. The van der Waals surface area contributed by atoms with Gasteiger partial charge in [0, 0.05) is 42.1 Å². The summed E-state index contributed by atoms with van der Waals surface area (Å²) in [4.78, 5) is 20.0. The molecule has 0 aliphatic carbocycles. The molecule has 1 aromatic carbocycles. The Labute approximate surface area is 121 Å². The Balaban J connectivity index is 1.87. The Hall–Kier alpha value is -2.01. The molecule has 0 saturated carbocycles. The maximum Gasteiger partial charge on any atom is 0.178 e. The average molecular weight is 285 g/mol. The topological polar surface area (TPSA) is 50.7 Å². The lowest BCUT2D eigenvalue weighted by atomic mass is 10.1. The van der Waals surface area contributed by atoms with Crippen molar-refractivity contribution in [3.05, 3.63) is 48.4 Å². The second-order valence-electron chi connectivity index (χ2n) is 4.69. The maximum atomic E-state index is 12.6. The first-order valence-corrected chi connectivity index (χ1v) is 7.29. The van der Waals surface area contributed by atoms with Crippen LogP contribution in [0.5, 0.6) is 0 Å². The molecule has 1 unspecified atom stereocenters. The number of thioether (sulfide) groups is 1. The number of carbonyl (C=O) groups is 1. The highest BCUT2D eigenvalue weighted by molar-refractivity contribution is 8.00. The molecule has 3 rings (SSSR count). The van der Waals surface area contributed by atoms with Gasteiger partial charge in [-0.3, -0.25) is 4.79 Å². The highest BCUT2D eigenvalue weighted by Gasteiger charge is 2.20. The number of nitrogens with zero attached hydrogens (tertiary/aromatic N) is 2. The van der Waals surface area contributed by atoms with Crippen LogP contribution in [0.2, 0.25) is 0 Å². The van der Waals surface area contributed by atoms with Crippen LogP contribution in [-0.4, -0.2) is 25.6 Å². The largest absolute Gasteiger partial charge is 0.360 e. The molecule has 1 N–H and O–H groups in total. The number of benzene rings is 1. The molecule has 102 valence electrons. The molecule has 0 saturated heterocycles. The van der Waals surface area contributed by atoms with E-state index < -0.39 is 0 Å². The summed E-state index contributed by atoms with van der Waals surface area (Å²) in [6.45, 7) is 1.92. The number of aromatic amines is 1.